The normalized spacial score (nSPS) is 0.600. The van der Waals surface area contributed by atoms with Gasteiger partial charge in [0.2, 0.25) is 0 Å². The molecule has 5 heteroatoms. The first-order valence-electron chi connectivity index (χ1n) is 0.289. The third-order valence-corrected chi connectivity index (χ3v) is 0. The van der Waals surface area contributed by atoms with Gasteiger partial charge >= 0.3 is 43.1 Å². The third kappa shape index (κ3) is 21.4. The van der Waals surface area contributed by atoms with Crippen LogP contribution in [0.4, 0.5) is 0 Å². The van der Waals surface area contributed by atoms with Gasteiger partial charge in [0.1, 0.15) is 0 Å². The number of rotatable bonds is 0. The molecule has 0 aromatic rings. The van der Waals surface area contributed by atoms with Crippen LogP contribution in [-0.4, -0.2) is 50.2 Å². The van der Waals surface area contributed by atoms with E-state index in [1.807, 2.05) is 0 Å². The quantitative estimate of drug-likeness (QED) is 0.400. The van der Waals surface area contributed by atoms with E-state index in [2.05, 4.69) is 0 Å². The maximum Gasteiger partial charge on any atom is 0 e. The molecule has 0 aliphatic heterocycles. The minimum Gasteiger partial charge on any atom is -0.0125 e. The zero-order valence-electron chi connectivity index (χ0n) is 5.40. The molecule has 0 heterocycles. The van der Waals surface area contributed by atoms with Gasteiger partial charge < -0.3 is 2.85 Å². The molecule has 0 spiro atoms. The van der Waals surface area contributed by atoms with E-state index in [9.17, 15) is 0 Å². The van der Waals surface area contributed by atoms with Crippen molar-refractivity contribution in [1.82, 2.24) is 0 Å². The van der Waals surface area contributed by atoms with Crippen LogP contribution < -0.4 is 0 Å². The van der Waals surface area contributed by atoms with Crippen LogP contribution in [-0.2, 0) is 36.5 Å². The molecule has 0 amide bonds. The second-order valence-electron chi connectivity index (χ2n) is 0. The van der Waals surface area contributed by atoms with E-state index in [4.69, 9.17) is 3.80 Å². The predicted molar refractivity (Wildman–Crippen MR) is 25.8 cm³/mol. The Balaban J connectivity index is -0.000000000500. The molecule has 0 atom stereocenters. The van der Waals surface area contributed by atoms with E-state index < -0.39 is 0 Å². The van der Waals surface area contributed by atoms with Gasteiger partial charge in [0, 0.05) is 32.7 Å². The van der Waals surface area contributed by atoms with Gasteiger partial charge in [0.05, 0.1) is 0 Å². The Labute approximate surface area is 88.3 Å². The summed E-state index contributed by atoms with van der Waals surface area (Å²) in [5, 5.41) is 0. The van der Waals surface area contributed by atoms with E-state index >= 15 is 0 Å². The van der Waals surface area contributed by atoms with Crippen molar-refractivity contribution < 1.29 is 39.4 Å². The summed E-state index contributed by atoms with van der Waals surface area (Å²) < 4.78 is 8.28. The van der Waals surface area contributed by atoms with Crippen LogP contribution >= 0.6 is 0 Å². The molecule has 0 saturated carbocycles. The smallest absolute Gasteiger partial charge is 0 e. The van der Waals surface area contributed by atoms with Crippen LogP contribution in [0.25, 0.3) is 0 Å². The molecule has 1 nitrogen and oxygen atoms in total. The summed E-state index contributed by atoms with van der Waals surface area (Å²) >= 11 is 0.611. The third-order valence-electron chi connectivity index (χ3n) is 0. The minimum absolute atomic E-state index is 0. The fraction of sp³-hybridized carbons (Fsp3) is 0. The van der Waals surface area contributed by atoms with E-state index in [1.165, 1.54) is 0 Å². The molecule has 0 aliphatic carbocycles. The molecule has 0 bridgehead atoms. The maximum absolute atomic E-state index is 8.28. The SMILES string of the molecule is [H-].[H-].[Mg+2].[O]=[AlH].[SiH3].[Y]. The average Bonchev–Trinajstić information content (AvgIpc) is 1.00. The fourth-order valence-corrected chi connectivity index (χ4v) is 0. The maximum atomic E-state index is 8.28. The summed E-state index contributed by atoms with van der Waals surface area (Å²) in [5.74, 6) is 0. The second kappa shape index (κ2) is 32.2. The van der Waals surface area contributed by atoms with Gasteiger partial charge in [-0.1, -0.05) is 0 Å². The molecule has 5 heavy (non-hydrogen) atoms. The van der Waals surface area contributed by atoms with Crippen LogP contribution in [0, 0.1) is 0 Å². The monoisotopic (exact) mass is 190 g/mol. The van der Waals surface area contributed by atoms with E-state index in [0.717, 1.165) is 0 Å². The Bertz CT molecular complexity index is 17.7. The van der Waals surface area contributed by atoms with Gasteiger partial charge in [-0.05, 0) is 11.0 Å². The fourth-order valence-electron chi connectivity index (χ4n) is 0. The first-order valence-corrected chi connectivity index (χ1v) is 0.866. The Kier molecular flexibility index (Phi) is 168. The van der Waals surface area contributed by atoms with Crippen LogP contribution in [0.15, 0.2) is 0 Å². The molecule has 0 aromatic heterocycles. The topological polar surface area (TPSA) is 17.1 Å². The predicted octanol–water partition coefficient (Wildman–Crippen LogP) is -2.11. The molecule has 0 aromatic carbocycles. The average molecular weight is 190 g/mol. The van der Waals surface area contributed by atoms with Crippen molar-refractivity contribution in [3.63, 3.8) is 0 Å². The molecule has 0 N–H and O–H groups in total. The Hall–Kier alpha value is 2.42. The van der Waals surface area contributed by atoms with E-state index in [-0.39, 0.29) is 69.6 Å². The Morgan fingerprint density at radius 3 is 1.40 bits per heavy atom. The Morgan fingerprint density at radius 1 is 1.40 bits per heavy atom. The minimum atomic E-state index is 0. The van der Waals surface area contributed by atoms with Gasteiger partial charge in [0.25, 0.3) is 0 Å². The summed E-state index contributed by atoms with van der Waals surface area (Å²) in [6, 6.07) is 0. The molecule has 0 fully saturated rings. The first-order chi connectivity index (χ1) is 1.00. The van der Waals surface area contributed by atoms with Crippen molar-refractivity contribution in [2.75, 3.05) is 0 Å². The van der Waals surface area contributed by atoms with Crippen LogP contribution in [0.5, 0.6) is 0 Å². The van der Waals surface area contributed by atoms with Gasteiger partial charge in [-0.25, -0.2) is 0 Å². The summed E-state index contributed by atoms with van der Waals surface area (Å²) in [6.07, 6.45) is 0. The largest absolute Gasteiger partial charge is 0.0125 e. The molecule has 0 aliphatic rings. The Morgan fingerprint density at radius 2 is 1.40 bits per heavy atom. The molecule has 0 unspecified atom stereocenters. The van der Waals surface area contributed by atoms with Crippen molar-refractivity contribution in [3.05, 3.63) is 0 Å². The summed E-state index contributed by atoms with van der Waals surface area (Å²) in [6.45, 7) is 0. The van der Waals surface area contributed by atoms with Crippen molar-refractivity contribution in [2.45, 2.75) is 0 Å². The summed E-state index contributed by atoms with van der Waals surface area (Å²) in [7, 11) is 0. The van der Waals surface area contributed by atoms with Crippen molar-refractivity contribution >= 4 is 50.2 Å². The number of hydrogen-bond acceptors (Lipinski definition) is 1. The number of hydrogen-bond donors (Lipinski definition) is 0. The molecule has 24 valence electrons. The van der Waals surface area contributed by atoms with Crippen LogP contribution in [0.3, 0.4) is 0 Å². The van der Waals surface area contributed by atoms with E-state index in [1.54, 1.807) is 0 Å². The molecule has 2 radical (unpaired) electrons. The van der Waals surface area contributed by atoms with Gasteiger partial charge in [-0.3, -0.25) is 0 Å². The zero-order chi connectivity index (χ0) is 2.00. The van der Waals surface area contributed by atoms with Gasteiger partial charge in [0.15, 0.2) is 0 Å². The van der Waals surface area contributed by atoms with Gasteiger partial charge in [-0.15, -0.1) is 0 Å². The van der Waals surface area contributed by atoms with Crippen LogP contribution in [0.1, 0.15) is 2.85 Å². The molecule has 0 rings (SSSR count). The van der Waals surface area contributed by atoms with Crippen molar-refractivity contribution in [1.29, 1.82) is 0 Å². The first kappa shape index (κ1) is 26.1. The van der Waals surface area contributed by atoms with Crippen LogP contribution in [0.2, 0.25) is 0 Å². The van der Waals surface area contributed by atoms with Gasteiger partial charge in [-0.2, -0.15) is 0 Å². The summed E-state index contributed by atoms with van der Waals surface area (Å²) in [4.78, 5) is 0. The van der Waals surface area contributed by atoms with Crippen molar-refractivity contribution in [2.24, 2.45) is 0 Å². The van der Waals surface area contributed by atoms with Crippen molar-refractivity contribution in [3.8, 4) is 0 Å². The molecular formula is H6AlMgOSiY. The molecular weight excluding hydrogens is 184 g/mol. The summed E-state index contributed by atoms with van der Waals surface area (Å²) in [5.41, 5.74) is 0. The standard InChI is InChI=1S/Al.Mg.O.H3Si.Y.3H/h;;;1H3;;;;/q;+2;;;;;2*-1. The van der Waals surface area contributed by atoms with E-state index in [0.29, 0.717) is 16.2 Å². The zero-order valence-corrected chi connectivity index (χ0v) is 11.1. The second-order valence-corrected chi connectivity index (χ2v) is 0. The molecule has 0 saturated heterocycles.